The Hall–Kier alpha value is -4.26. The molecule has 0 bridgehead atoms. The summed E-state index contributed by atoms with van der Waals surface area (Å²) in [5.41, 5.74) is 2.93. The minimum atomic E-state index is 0.276. The van der Waals surface area contributed by atoms with Crippen molar-refractivity contribution in [3.05, 3.63) is 71.8 Å². The molecule has 13 nitrogen and oxygen atoms in total. The highest BCUT2D eigenvalue weighted by Gasteiger charge is 2.16. The number of hydrogen-bond acceptors (Lipinski definition) is 13. The second-order valence-corrected chi connectivity index (χ2v) is 13.7. The molecule has 13 heteroatoms. The van der Waals surface area contributed by atoms with Crippen LogP contribution in [0.25, 0.3) is 0 Å². The summed E-state index contributed by atoms with van der Waals surface area (Å²) in [6.07, 6.45) is 9.15. The fourth-order valence-electron chi connectivity index (χ4n) is 5.67. The number of aliphatic hydroxyl groups excluding tert-OH is 1. The van der Waals surface area contributed by atoms with E-state index in [-0.39, 0.29) is 19.8 Å². The lowest BCUT2D eigenvalue weighted by Crippen LogP contribution is -2.15. The highest BCUT2D eigenvalue weighted by atomic mass is 16.6. The van der Waals surface area contributed by atoms with Gasteiger partial charge in [0.15, 0.2) is 11.5 Å². The molecule has 0 spiro atoms. The average Bonchev–Trinajstić information content (AvgIpc) is 3.28. The third kappa shape index (κ3) is 24.7. The van der Waals surface area contributed by atoms with Gasteiger partial charge in [0.2, 0.25) is 5.75 Å². The van der Waals surface area contributed by atoms with E-state index in [9.17, 15) is 0 Å². The van der Waals surface area contributed by atoms with Crippen LogP contribution in [0.5, 0.6) is 23.0 Å². The predicted molar refractivity (Wildman–Crippen MR) is 237 cm³/mol. The van der Waals surface area contributed by atoms with Crippen LogP contribution in [-0.2, 0) is 28.4 Å². The van der Waals surface area contributed by atoms with Crippen LogP contribution in [0.2, 0.25) is 0 Å². The molecule has 0 aliphatic carbocycles. The van der Waals surface area contributed by atoms with E-state index < -0.39 is 0 Å². The van der Waals surface area contributed by atoms with Gasteiger partial charge in [-0.25, -0.2) is 0 Å². The number of hydrogen-bond donors (Lipinski definition) is 1. The van der Waals surface area contributed by atoms with Gasteiger partial charge in [0, 0.05) is 37.6 Å². The van der Waals surface area contributed by atoms with Crippen molar-refractivity contribution in [2.45, 2.75) is 72.1 Å². The summed E-state index contributed by atoms with van der Waals surface area (Å²) >= 11 is 0. The van der Waals surface area contributed by atoms with E-state index in [1.165, 1.54) is 25.7 Å². The Bertz CT molecular complexity index is 1570. The highest BCUT2D eigenvalue weighted by Crippen LogP contribution is 2.39. The fraction of sp³-hybridized carbons (Fsp3) is 0.583. The normalized spacial score (nSPS) is 11.1. The maximum atomic E-state index is 8.87. The Morgan fingerprint density at radius 1 is 0.410 bits per heavy atom. The number of aliphatic hydroxyl groups is 1. The Balaban J connectivity index is 1.63. The summed E-state index contributed by atoms with van der Waals surface area (Å²) in [7, 11) is 0. The lowest BCUT2D eigenvalue weighted by atomic mass is 10.1. The molecule has 0 fully saturated rings. The summed E-state index contributed by atoms with van der Waals surface area (Å²) in [5, 5.41) is 17.7. The second-order valence-electron chi connectivity index (χ2n) is 13.7. The van der Waals surface area contributed by atoms with Gasteiger partial charge in [-0.15, -0.1) is 0 Å². The van der Waals surface area contributed by atoms with Gasteiger partial charge >= 0.3 is 0 Å². The molecule has 3 aromatic rings. The predicted octanol–water partition coefficient (Wildman–Crippen LogP) is 9.29. The van der Waals surface area contributed by atoms with E-state index in [1.54, 1.807) is 0 Å². The molecular weight excluding hydrogens is 781 g/mol. The lowest BCUT2D eigenvalue weighted by Gasteiger charge is -2.18. The van der Waals surface area contributed by atoms with E-state index in [0.717, 1.165) is 42.7 Å². The van der Waals surface area contributed by atoms with Crippen molar-refractivity contribution in [1.82, 2.24) is 0 Å². The van der Waals surface area contributed by atoms with Crippen molar-refractivity contribution in [2.24, 2.45) is 10.2 Å². The minimum absolute atomic E-state index is 0.276. The monoisotopic (exact) mass is 850 g/mol. The molecule has 0 aliphatic rings. The van der Waals surface area contributed by atoms with E-state index in [1.807, 2.05) is 81.4 Å². The molecular formula is C48H70N2O11. The molecule has 3 aromatic carbocycles. The van der Waals surface area contributed by atoms with Crippen molar-refractivity contribution in [2.75, 3.05) is 112 Å². The largest absolute Gasteiger partial charge is 0.494 e. The smallest absolute Gasteiger partial charge is 0.203 e. The zero-order chi connectivity index (χ0) is 43.3. The molecule has 0 aliphatic heterocycles. The third-order valence-corrected chi connectivity index (χ3v) is 8.85. The molecule has 0 saturated heterocycles. The maximum absolute atomic E-state index is 8.87. The van der Waals surface area contributed by atoms with Crippen LogP contribution in [-0.4, -0.2) is 117 Å². The molecule has 1 N–H and O–H groups in total. The van der Waals surface area contributed by atoms with Gasteiger partial charge in [0.25, 0.3) is 0 Å². The van der Waals surface area contributed by atoms with E-state index in [2.05, 4.69) is 22.1 Å². The second kappa shape index (κ2) is 35.3. The van der Waals surface area contributed by atoms with Crippen LogP contribution >= 0.6 is 0 Å². The Morgan fingerprint density at radius 3 is 1.31 bits per heavy atom. The standard InChI is InChI=1S/C48H70N2O11/c1-4-52-27-30-55-33-36-59-46-39-42(40-47(60-37-34-56-31-28-53-5-2)48(46)61-38-35-57-32-29-54-6-3)16-15-41-17-19-43(20-18-41)49-50-44-21-23-45(24-22-44)58-26-14-12-10-8-7-9-11-13-25-51/h17-24,39-40,51H,4-14,25-38H2,1-3H3. The quantitative estimate of drug-likeness (QED) is 0.0338. The molecule has 0 amide bonds. The Labute approximate surface area is 364 Å². The summed E-state index contributed by atoms with van der Waals surface area (Å²) < 4.78 is 57.7. The first-order valence-electron chi connectivity index (χ1n) is 22.1. The van der Waals surface area contributed by atoms with Crippen LogP contribution in [0.15, 0.2) is 70.9 Å². The van der Waals surface area contributed by atoms with Crippen LogP contribution in [0.3, 0.4) is 0 Å². The SMILES string of the molecule is CCOCCOCCOc1cc(C#Cc2ccc(N=Nc3ccc(OCCCCCCCCCCO)cc3)cc2)cc(OCCOCCOCC)c1OCCOCCOCC. The van der Waals surface area contributed by atoms with E-state index in [4.69, 9.17) is 52.5 Å². The van der Waals surface area contributed by atoms with Crippen molar-refractivity contribution >= 4 is 11.4 Å². The van der Waals surface area contributed by atoms with Crippen LogP contribution in [0.4, 0.5) is 11.4 Å². The van der Waals surface area contributed by atoms with Gasteiger partial charge in [-0.3, -0.25) is 0 Å². The van der Waals surface area contributed by atoms with Crippen molar-refractivity contribution in [1.29, 1.82) is 0 Å². The molecule has 338 valence electrons. The molecule has 0 radical (unpaired) electrons. The maximum Gasteiger partial charge on any atom is 0.203 e. The molecule has 0 atom stereocenters. The molecule has 0 unspecified atom stereocenters. The first kappa shape index (κ1) is 51.1. The number of ether oxygens (including phenoxy) is 10. The number of benzene rings is 3. The number of unbranched alkanes of at least 4 members (excludes halogenated alkanes) is 7. The molecule has 3 rings (SSSR count). The number of rotatable bonds is 37. The summed E-state index contributed by atoms with van der Waals surface area (Å²) in [6, 6.07) is 18.9. The Morgan fingerprint density at radius 2 is 0.820 bits per heavy atom. The zero-order valence-corrected chi connectivity index (χ0v) is 36.9. The fourth-order valence-corrected chi connectivity index (χ4v) is 5.67. The van der Waals surface area contributed by atoms with Crippen LogP contribution < -0.4 is 18.9 Å². The highest BCUT2D eigenvalue weighted by molar-refractivity contribution is 5.58. The van der Waals surface area contributed by atoms with Gasteiger partial charge in [-0.1, -0.05) is 50.4 Å². The summed E-state index contributed by atoms with van der Waals surface area (Å²) in [6.45, 7) is 13.7. The van der Waals surface area contributed by atoms with Gasteiger partial charge < -0.3 is 52.5 Å². The van der Waals surface area contributed by atoms with Crippen LogP contribution in [0, 0.1) is 11.8 Å². The topological polar surface area (TPSA) is 137 Å². The molecule has 0 heterocycles. The number of azo groups is 1. The summed E-state index contributed by atoms with van der Waals surface area (Å²) in [5.74, 6) is 8.73. The van der Waals surface area contributed by atoms with Crippen LogP contribution in [0.1, 0.15) is 83.3 Å². The average molecular weight is 851 g/mol. The van der Waals surface area contributed by atoms with Crippen molar-refractivity contribution in [3.63, 3.8) is 0 Å². The third-order valence-electron chi connectivity index (χ3n) is 8.85. The van der Waals surface area contributed by atoms with Gasteiger partial charge in [-0.2, -0.15) is 10.2 Å². The minimum Gasteiger partial charge on any atom is -0.494 e. The van der Waals surface area contributed by atoms with Crippen molar-refractivity contribution in [3.8, 4) is 34.8 Å². The lowest BCUT2D eigenvalue weighted by molar-refractivity contribution is 0.0346. The Kier molecular flexibility index (Phi) is 29.6. The van der Waals surface area contributed by atoms with E-state index >= 15 is 0 Å². The van der Waals surface area contributed by atoms with Gasteiger partial charge in [-0.05, 0) is 94.3 Å². The molecule has 0 aromatic heterocycles. The van der Waals surface area contributed by atoms with Gasteiger partial charge in [0.1, 0.15) is 25.6 Å². The molecule has 61 heavy (non-hydrogen) atoms. The first-order valence-corrected chi connectivity index (χ1v) is 22.1. The molecule has 0 saturated carbocycles. The van der Waals surface area contributed by atoms with Gasteiger partial charge in [0.05, 0.1) is 77.4 Å². The first-order chi connectivity index (χ1) is 30.2. The van der Waals surface area contributed by atoms with E-state index in [0.29, 0.717) is 121 Å². The number of nitrogens with zero attached hydrogens (tertiary/aromatic N) is 2. The zero-order valence-electron chi connectivity index (χ0n) is 36.9. The summed E-state index contributed by atoms with van der Waals surface area (Å²) in [4.78, 5) is 0. The van der Waals surface area contributed by atoms with Crippen molar-refractivity contribution < 1.29 is 52.5 Å².